The van der Waals surface area contributed by atoms with E-state index in [0.717, 1.165) is 27.5 Å². The monoisotopic (exact) mass is 384 g/mol. The number of hydrogen-bond acceptors (Lipinski definition) is 4. The zero-order valence-corrected chi connectivity index (χ0v) is 15.7. The van der Waals surface area contributed by atoms with Crippen molar-refractivity contribution in [3.63, 3.8) is 0 Å². The number of aromatic nitrogens is 1. The Morgan fingerprint density at radius 1 is 0.857 bits per heavy atom. The van der Waals surface area contributed by atoms with E-state index >= 15 is 0 Å². The smallest absolute Gasteiger partial charge is 0.205 e. The van der Waals surface area contributed by atoms with Gasteiger partial charge in [-0.15, -0.1) is 11.8 Å². The van der Waals surface area contributed by atoms with E-state index in [1.54, 1.807) is 23.9 Å². The number of oxazole rings is 1. The first kappa shape index (κ1) is 17.9. The molecular formula is C22H16N4OS. The second-order valence-corrected chi connectivity index (χ2v) is 7.04. The molecule has 136 valence electrons. The van der Waals surface area contributed by atoms with Gasteiger partial charge < -0.3 is 4.42 Å². The summed E-state index contributed by atoms with van der Waals surface area (Å²) >= 11 is 1.62. The Labute approximate surface area is 166 Å². The molecule has 0 saturated heterocycles. The maximum absolute atomic E-state index is 8.49. The molecule has 0 aliphatic heterocycles. The van der Waals surface area contributed by atoms with Crippen molar-refractivity contribution in [1.29, 1.82) is 0 Å². The van der Waals surface area contributed by atoms with E-state index < -0.39 is 0 Å². The normalized spacial score (nSPS) is 10.4. The van der Waals surface area contributed by atoms with Crippen LogP contribution < -0.4 is 0 Å². The van der Waals surface area contributed by atoms with Gasteiger partial charge in [0.2, 0.25) is 5.89 Å². The number of rotatable bonds is 6. The summed E-state index contributed by atoms with van der Waals surface area (Å²) in [5.74, 6) is 2.05. The standard InChI is InChI=1S/C22H16N4OS/c23-26-25-18-11-13-19(14-12-18)28-15-20-24-21(16-7-3-1-4-8-16)22(27-20)17-9-5-2-6-10-17/h1-14H,15H2. The Hall–Kier alpha value is -3.47. The van der Waals surface area contributed by atoms with Gasteiger partial charge in [0.1, 0.15) is 5.69 Å². The molecule has 28 heavy (non-hydrogen) atoms. The van der Waals surface area contributed by atoms with Gasteiger partial charge in [0.05, 0.1) is 5.75 Å². The van der Waals surface area contributed by atoms with Gasteiger partial charge in [-0.2, -0.15) is 0 Å². The van der Waals surface area contributed by atoms with Gasteiger partial charge in [-0.1, -0.05) is 77.9 Å². The number of thioether (sulfide) groups is 1. The van der Waals surface area contributed by atoms with Gasteiger partial charge in [0, 0.05) is 26.6 Å². The van der Waals surface area contributed by atoms with Crippen LogP contribution in [0.2, 0.25) is 0 Å². The second-order valence-electron chi connectivity index (χ2n) is 5.99. The van der Waals surface area contributed by atoms with E-state index in [9.17, 15) is 0 Å². The number of hydrogen-bond donors (Lipinski definition) is 0. The summed E-state index contributed by atoms with van der Waals surface area (Å²) in [6.45, 7) is 0. The highest BCUT2D eigenvalue weighted by atomic mass is 32.2. The van der Waals surface area contributed by atoms with Crippen molar-refractivity contribution in [1.82, 2.24) is 4.98 Å². The fourth-order valence-corrected chi connectivity index (χ4v) is 3.55. The first-order valence-electron chi connectivity index (χ1n) is 8.72. The van der Waals surface area contributed by atoms with Crippen LogP contribution in [0, 0.1) is 0 Å². The first-order valence-corrected chi connectivity index (χ1v) is 9.70. The molecule has 4 aromatic rings. The van der Waals surface area contributed by atoms with Gasteiger partial charge in [-0.3, -0.25) is 0 Å². The molecule has 3 aromatic carbocycles. The summed E-state index contributed by atoms with van der Waals surface area (Å²) in [5, 5.41) is 3.59. The third-order valence-electron chi connectivity index (χ3n) is 4.11. The maximum Gasteiger partial charge on any atom is 0.205 e. The third-order valence-corrected chi connectivity index (χ3v) is 5.11. The quantitative estimate of drug-likeness (QED) is 0.152. The Morgan fingerprint density at radius 2 is 1.50 bits per heavy atom. The van der Waals surface area contributed by atoms with Crippen LogP contribution in [0.4, 0.5) is 5.69 Å². The van der Waals surface area contributed by atoms with Crippen LogP contribution in [-0.4, -0.2) is 4.98 Å². The molecule has 4 rings (SSSR count). The maximum atomic E-state index is 8.49. The topological polar surface area (TPSA) is 74.8 Å². The molecule has 0 amide bonds. The van der Waals surface area contributed by atoms with Crippen LogP contribution in [0.1, 0.15) is 5.89 Å². The Kier molecular flexibility index (Phi) is 5.43. The zero-order chi connectivity index (χ0) is 19.2. The molecule has 0 fully saturated rings. The molecule has 1 heterocycles. The highest BCUT2D eigenvalue weighted by Crippen LogP contribution is 2.34. The van der Waals surface area contributed by atoms with Crippen LogP contribution >= 0.6 is 11.8 Å². The van der Waals surface area contributed by atoms with Crippen LogP contribution in [0.15, 0.2) is 99.4 Å². The van der Waals surface area contributed by atoms with Gasteiger partial charge in [0.25, 0.3) is 0 Å². The van der Waals surface area contributed by atoms with Crippen LogP contribution in [-0.2, 0) is 5.75 Å². The minimum absolute atomic E-state index is 0.598. The van der Waals surface area contributed by atoms with E-state index in [0.29, 0.717) is 17.3 Å². The van der Waals surface area contributed by atoms with Crippen LogP contribution in [0.3, 0.4) is 0 Å². The van der Waals surface area contributed by atoms with Crippen molar-refractivity contribution >= 4 is 17.4 Å². The van der Waals surface area contributed by atoms with Gasteiger partial charge in [0.15, 0.2) is 5.76 Å². The third kappa shape index (κ3) is 4.09. The molecule has 0 aliphatic carbocycles. The lowest BCUT2D eigenvalue weighted by Crippen LogP contribution is -1.83. The van der Waals surface area contributed by atoms with E-state index in [1.807, 2.05) is 72.8 Å². The molecular weight excluding hydrogens is 368 g/mol. The average molecular weight is 384 g/mol. The van der Waals surface area contributed by atoms with Crippen molar-refractivity contribution < 1.29 is 4.42 Å². The average Bonchev–Trinajstić information content (AvgIpc) is 3.19. The molecule has 1 aromatic heterocycles. The summed E-state index contributed by atoms with van der Waals surface area (Å²) in [6, 6.07) is 27.5. The molecule has 0 unspecified atom stereocenters. The number of nitrogens with zero attached hydrogens (tertiary/aromatic N) is 4. The molecule has 0 N–H and O–H groups in total. The van der Waals surface area contributed by atoms with E-state index in [4.69, 9.17) is 14.9 Å². The van der Waals surface area contributed by atoms with E-state index in [-0.39, 0.29) is 0 Å². The summed E-state index contributed by atoms with van der Waals surface area (Å²) in [7, 11) is 0. The van der Waals surface area contributed by atoms with Crippen molar-refractivity contribution in [2.75, 3.05) is 0 Å². The van der Waals surface area contributed by atoms with Crippen molar-refractivity contribution in [2.45, 2.75) is 10.6 Å². The molecule has 0 aliphatic rings. The van der Waals surface area contributed by atoms with Crippen LogP contribution in [0.25, 0.3) is 33.0 Å². The lowest BCUT2D eigenvalue weighted by atomic mass is 10.1. The predicted octanol–water partition coefficient (Wildman–Crippen LogP) is 7.24. The largest absolute Gasteiger partial charge is 0.439 e. The minimum Gasteiger partial charge on any atom is -0.439 e. The Bertz CT molecular complexity index is 1050. The predicted molar refractivity (Wildman–Crippen MR) is 112 cm³/mol. The fraction of sp³-hybridized carbons (Fsp3) is 0.0455. The fourth-order valence-electron chi connectivity index (χ4n) is 2.81. The van der Waals surface area contributed by atoms with Crippen molar-refractivity contribution in [2.24, 2.45) is 5.11 Å². The molecule has 5 nitrogen and oxygen atoms in total. The minimum atomic E-state index is 0.598. The summed E-state index contributed by atoms with van der Waals surface area (Å²) in [4.78, 5) is 8.61. The van der Waals surface area contributed by atoms with Gasteiger partial charge in [-0.25, -0.2) is 4.98 Å². The van der Waals surface area contributed by atoms with E-state index in [1.165, 1.54) is 0 Å². The van der Waals surface area contributed by atoms with Crippen molar-refractivity contribution in [3.05, 3.63) is 101 Å². The SMILES string of the molecule is [N-]=[N+]=Nc1ccc(SCc2nc(-c3ccccc3)c(-c3ccccc3)o2)cc1. The van der Waals surface area contributed by atoms with Gasteiger partial charge in [-0.05, 0) is 17.7 Å². The first-order chi connectivity index (χ1) is 13.8. The lowest BCUT2D eigenvalue weighted by Gasteiger charge is -2.01. The van der Waals surface area contributed by atoms with Crippen molar-refractivity contribution in [3.8, 4) is 22.6 Å². The molecule has 0 atom stereocenters. The summed E-state index contributed by atoms with van der Waals surface area (Å²) in [6.07, 6.45) is 0. The highest BCUT2D eigenvalue weighted by Gasteiger charge is 2.16. The summed E-state index contributed by atoms with van der Waals surface area (Å²) in [5.41, 5.74) is 12.0. The number of benzene rings is 3. The summed E-state index contributed by atoms with van der Waals surface area (Å²) < 4.78 is 6.14. The highest BCUT2D eigenvalue weighted by molar-refractivity contribution is 7.98. The Balaban J connectivity index is 1.61. The zero-order valence-electron chi connectivity index (χ0n) is 14.9. The molecule has 0 bridgehead atoms. The molecule has 0 saturated carbocycles. The van der Waals surface area contributed by atoms with Crippen LogP contribution in [0.5, 0.6) is 0 Å². The molecule has 6 heteroatoms. The second kappa shape index (κ2) is 8.48. The number of azide groups is 1. The Morgan fingerprint density at radius 3 is 2.14 bits per heavy atom. The lowest BCUT2D eigenvalue weighted by molar-refractivity contribution is 0.530. The molecule has 0 spiro atoms. The molecule has 0 radical (unpaired) electrons. The van der Waals surface area contributed by atoms with Gasteiger partial charge >= 0.3 is 0 Å². The van der Waals surface area contributed by atoms with E-state index in [2.05, 4.69) is 10.0 Å².